The fraction of sp³-hybridized carbons (Fsp3) is 0.133. The van der Waals surface area contributed by atoms with Crippen molar-refractivity contribution < 1.29 is 14.6 Å². The molecule has 0 radical (unpaired) electrons. The zero-order valence-corrected chi connectivity index (χ0v) is 11.9. The van der Waals surface area contributed by atoms with Gasteiger partial charge in [0.1, 0.15) is 11.5 Å². The van der Waals surface area contributed by atoms with E-state index < -0.39 is 5.91 Å². The van der Waals surface area contributed by atoms with Gasteiger partial charge in [0.15, 0.2) is 0 Å². The second kappa shape index (κ2) is 5.84. The van der Waals surface area contributed by atoms with Crippen molar-refractivity contribution in [2.75, 3.05) is 12.4 Å². The largest absolute Gasteiger partial charge is 0.507 e. The number of nitrogens with one attached hydrogen (secondary N) is 1. The van der Waals surface area contributed by atoms with E-state index in [1.807, 2.05) is 13.0 Å². The molecule has 0 aromatic heterocycles. The van der Waals surface area contributed by atoms with Crippen molar-refractivity contribution >= 4 is 23.2 Å². The molecule has 5 heteroatoms. The predicted molar refractivity (Wildman–Crippen MR) is 78.8 cm³/mol. The standard InChI is InChI=1S/C15H14ClNO3/c1-9-3-6-13(12(16)7-9)17-15(19)11-5-4-10(20-2)8-14(11)18/h3-8,18H,1-2H3,(H,17,19). The molecular formula is C15H14ClNO3. The van der Waals surface area contributed by atoms with E-state index in [0.29, 0.717) is 16.5 Å². The molecule has 0 unspecified atom stereocenters. The zero-order valence-electron chi connectivity index (χ0n) is 11.1. The first-order chi connectivity index (χ1) is 9.51. The molecule has 2 aromatic rings. The number of phenols is 1. The Balaban J connectivity index is 2.24. The number of aryl methyl sites for hydroxylation is 1. The van der Waals surface area contributed by atoms with Crippen LogP contribution in [0, 0.1) is 6.92 Å². The molecule has 0 aliphatic heterocycles. The molecule has 0 spiro atoms. The molecule has 20 heavy (non-hydrogen) atoms. The highest BCUT2D eigenvalue weighted by molar-refractivity contribution is 6.34. The number of benzene rings is 2. The van der Waals surface area contributed by atoms with Crippen LogP contribution in [0.3, 0.4) is 0 Å². The summed E-state index contributed by atoms with van der Waals surface area (Å²) in [4.78, 5) is 12.1. The summed E-state index contributed by atoms with van der Waals surface area (Å²) in [5.41, 5.74) is 1.65. The van der Waals surface area contributed by atoms with Crippen molar-refractivity contribution in [3.8, 4) is 11.5 Å². The van der Waals surface area contributed by atoms with Gasteiger partial charge < -0.3 is 15.2 Å². The second-order valence-electron chi connectivity index (χ2n) is 4.32. The number of carbonyl (C=O) groups excluding carboxylic acids is 1. The number of amides is 1. The molecule has 2 rings (SSSR count). The number of halogens is 1. The monoisotopic (exact) mass is 291 g/mol. The number of methoxy groups -OCH3 is 1. The minimum Gasteiger partial charge on any atom is -0.507 e. The molecule has 0 saturated carbocycles. The Bertz CT molecular complexity index is 656. The number of aromatic hydroxyl groups is 1. The fourth-order valence-electron chi connectivity index (χ4n) is 1.74. The van der Waals surface area contributed by atoms with Crippen LogP contribution in [0.2, 0.25) is 5.02 Å². The molecule has 0 heterocycles. The first-order valence-corrected chi connectivity index (χ1v) is 6.33. The molecule has 0 fully saturated rings. The lowest BCUT2D eigenvalue weighted by molar-refractivity contribution is 0.102. The van der Waals surface area contributed by atoms with Crippen LogP contribution < -0.4 is 10.1 Å². The highest BCUT2D eigenvalue weighted by Crippen LogP contribution is 2.27. The van der Waals surface area contributed by atoms with E-state index in [-0.39, 0.29) is 11.3 Å². The van der Waals surface area contributed by atoms with E-state index >= 15 is 0 Å². The number of ether oxygens (including phenoxy) is 1. The van der Waals surface area contributed by atoms with Gasteiger partial charge in [0.2, 0.25) is 0 Å². The molecule has 2 N–H and O–H groups in total. The summed E-state index contributed by atoms with van der Waals surface area (Å²) in [5, 5.41) is 12.9. The number of anilines is 1. The smallest absolute Gasteiger partial charge is 0.259 e. The molecular weight excluding hydrogens is 278 g/mol. The van der Waals surface area contributed by atoms with Crippen molar-refractivity contribution in [2.24, 2.45) is 0 Å². The van der Waals surface area contributed by atoms with Crippen LogP contribution in [-0.2, 0) is 0 Å². The van der Waals surface area contributed by atoms with Crippen LogP contribution in [0.25, 0.3) is 0 Å². The van der Waals surface area contributed by atoms with Gasteiger partial charge in [0, 0.05) is 6.07 Å². The lowest BCUT2D eigenvalue weighted by atomic mass is 10.1. The molecule has 0 bridgehead atoms. The van der Waals surface area contributed by atoms with Gasteiger partial charge in [-0.1, -0.05) is 17.7 Å². The Morgan fingerprint density at radius 1 is 1.25 bits per heavy atom. The lowest BCUT2D eigenvalue weighted by Crippen LogP contribution is -2.12. The molecule has 0 aliphatic carbocycles. The Hall–Kier alpha value is -2.20. The Morgan fingerprint density at radius 2 is 2.00 bits per heavy atom. The summed E-state index contributed by atoms with van der Waals surface area (Å²) in [6, 6.07) is 9.79. The maximum absolute atomic E-state index is 12.1. The quantitative estimate of drug-likeness (QED) is 0.908. The summed E-state index contributed by atoms with van der Waals surface area (Å²) in [7, 11) is 1.49. The highest BCUT2D eigenvalue weighted by atomic mass is 35.5. The van der Waals surface area contributed by atoms with Gasteiger partial charge >= 0.3 is 0 Å². The fourth-order valence-corrected chi connectivity index (χ4v) is 2.02. The van der Waals surface area contributed by atoms with Crippen LogP contribution in [0.1, 0.15) is 15.9 Å². The number of hydrogen-bond acceptors (Lipinski definition) is 3. The average Bonchev–Trinajstić information content (AvgIpc) is 2.41. The summed E-state index contributed by atoms with van der Waals surface area (Å²) < 4.78 is 4.97. The maximum atomic E-state index is 12.1. The van der Waals surface area contributed by atoms with Crippen LogP contribution in [0.15, 0.2) is 36.4 Å². The van der Waals surface area contributed by atoms with E-state index in [4.69, 9.17) is 16.3 Å². The lowest BCUT2D eigenvalue weighted by Gasteiger charge is -2.10. The van der Waals surface area contributed by atoms with Crippen molar-refractivity contribution in [1.82, 2.24) is 0 Å². The topological polar surface area (TPSA) is 58.6 Å². The first-order valence-electron chi connectivity index (χ1n) is 5.96. The highest BCUT2D eigenvalue weighted by Gasteiger charge is 2.13. The SMILES string of the molecule is COc1ccc(C(=O)Nc2ccc(C)cc2Cl)c(O)c1. The van der Waals surface area contributed by atoms with E-state index in [1.54, 1.807) is 18.2 Å². The molecule has 0 atom stereocenters. The van der Waals surface area contributed by atoms with Gasteiger partial charge in [-0.15, -0.1) is 0 Å². The van der Waals surface area contributed by atoms with E-state index in [9.17, 15) is 9.90 Å². The second-order valence-corrected chi connectivity index (χ2v) is 4.73. The van der Waals surface area contributed by atoms with Crippen LogP contribution in [0.4, 0.5) is 5.69 Å². The summed E-state index contributed by atoms with van der Waals surface area (Å²) in [6.45, 7) is 1.91. The number of hydrogen-bond donors (Lipinski definition) is 2. The molecule has 0 saturated heterocycles. The third-order valence-corrected chi connectivity index (χ3v) is 3.14. The van der Waals surface area contributed by atoms with Crippen molar-refractivity contribution in [1.29, 1.82) is 0 Å². The third-order valence-electron chi connectivity index (χ3n) is 2.82. The molecule has 2 aromatic carbocycles. The molecule has 0 aliphatic rings. The Morgan fingerprint density at radius 3 is 2.60 bits per heavy atom. The van der Waals surface area contributed by atoms with Crippen LogP contribution in [-0.4, -0.2) is 18.1 Å². The van der Waals surface area contributed by atoms with Gasteiger partial charge in [-0.3, -0.25) is 4.79 Å². The first kappa shape index (κ1) is 14.2. The van der Waals surface area contributed by atoms with E-state index in [2.05, 4.69) is 5.32 Å². The zero-order chi connectivity index (χ0) is 14.7. The summed E-state index contributed by atoms with van der Waals surface area (Å²) in [5.74, 6) is -0.103. The van der Waals surface area contributed by atoms with Gasteiger partial charge in [-0.2, -0.15) is 0 Å². The average molecular weight is 292 g/mol. The number of phenolic OH excluding ortho intramolecular Hbond substituents is 1. The number of rotatable bonds is 3. The van der Waals surface area contributed by atoms with Crippen molar-refractivity contribution in [2.45, 2.75) is 6.92 Å². The van der Waals surface area contributed by atoms with E-state index in [0.717, 1.165) is 5.56 Å². The van der Waals surface area contributed by atoms with Crippen molar-refractivity contribution in [3.05, 3.63) is 52.5 Å². The minimum absolute atomic E-state index is 0.148. The van der Waals surface area contributed by atoms with Gasteiger partial charge in [0.25, 0.3) is 5.91 Å². The minimum atomic E-state index is -0.434. The Labute approximate surface area is 122 Å². The van der Waals surface area contributed by atoms with Crippen LogP contribution >= 0.6 is 11.6 Å². The normalized spacial score (nSPS) is 10.2. The predicted octanol–water partition coefficient (Wildman–Crippen LogP) is 3.61. The molecule has 4 nitrogen and oxygen atoms in total. The van der Waals surface area contributed by atoms with Gasteiger partial charge in [-0.25, -0.2) is 0 Å². The maximum Gasteiger partial charge on any atom is 0.259 e. The van der Waals surface area contributed by atoms with E-state index in [1.165, 1.54) is 19.2 Å². The summed E-state index contributed by atoms with van der Waals surface area (Å²) in [6.07, 6.45) is 0. The summed E-state index contributed by atoms with van der Waals surface area (Å²) >= 11 is 6.05. The Kier molecular flexibility index (Phi) is 4.15. The number of carbonyl (C=O) groups is 1. The van der Waals surface area contributed by atoms with Gasteiger partial charge in [0.05, 0.1) is 23.4 Å². The van der Waals surface area contributed by atoms with Crippen molar-refractivity contribution in [3.63, 3.8) is 0 Å². The van der Waals surface area contributed by atoms with Gasteiger partial charge in [-0.05, 0) is 36.8 Å². The molecule has 1 amide bonds. The molecule has 104 valence electrons. The van der Waals surface area contributed by atoms with Crippen LogP contribution in [0.5, 0.6) is 11.5 Å². The third kappa shape index (κ3) is 3.03.